The van der Waals surface area contributed by atoms with Crippen LogP contribution in [0.25, 0.3) is 0 Å². The Balaban J connectivity index is 2.15. The number of hydrogen-bond donors (Lipinski definition) is 3. The summed E-state index contributed by atoms with van der Waals surface area (Å²) < 4.78 is 10.6. The van der Waals surface area contributed by atoms with Crippen molar-refractivity contribution in [1.82, 2.24) is 10.2 Å². The molecule has 0 bridgehead atoms. The summed E-state index contributed by atoms with van der Waals surface area (Å²) in [5.74, 6) is 1.10. The molecule has 2 rings (SSSR count). The van der Waals surface area contributed by atoms with Crippen LogP contribution in [0.3, 0.4) is 0 Å². The zero-order chi connectivity index (χ0) is 14.5. The van der Waals surface area contributed by atoms with Crippen LogP contribution in [0.2, 0.25) is 0 Å². The number of H-pyrrole nitrogens is 1. The molecule has 0 radical (unpaired) electrons. The minimum absolute atomic E-state index is 0.263. The van der Waals surface area contributed by atoms with E-state index in [4.69, 9.17) is 15.2 Å². The number of methoxy groups -OCH3 is 1. The first-order valence-electron chi connectivity index (χ1n) is 6.07. The van der Waals surface area contributed by atoms with E-state index in [9.17, 15) is 4.79 Å². The first kappa shape index (κ1) is 13.7. The molecule has 106 valence electrons. The van der Waals surface area contributed by atoms with Crippen molar-refractivity contribution in [2.75, 3.05) is 24.8 Å². The predicted molar refractivity (Wildman–Crippen MR) is 75.1 cm³/mol. The minimum Gasteiger partial charge on any atom is -0.493 e. The fraction of sp³-hybridized carbons (Fsp3) is 0.231. The van der Waals surface area contributed by atoms with Crippen LogP contribution < -0.4 is 20.5 Å². The van der Waals surface area contributed by atoms with Crippen molar-refractivity contribution in [1.29, 1.82) is 0 Å². The van der Waals surface area contributed by atoms with Gasteiger partial charge in [-0.3, -0.25) is 9.89 Å². The van der Waals surface area contributed by atoms with Crippen LogP contribution >= 0.6 is 0 Å². The zero-order valence-electron chi connectivity index (χ0n) is 11.3. The second-order valence-corrected chi connectivity index (χ2v) is 3.96. The molecular formula is C13H16N4O3. The quantitative estimate of drug-likeness (QED) is 0.770. The number of nitrogens with one attached hydrogen (secondary N) is 2. The molecule has 0 unspecified atom stereocenters. The molecule has 0 saturated carbocycles. The molecule has 0 spiro atoms. The first-order valence-corrected chi connectivity index (χ1v) is 6.07. The molecule has 0 aliphatic carbocycles. The maximum atomic E-state index is 11.9. The molecule has 0 atom stereocenters. The number of hydrogen-bond acceptors (Lipinski definition) is 5. The van der Waals surface area contributed by atoms with Crippen molar-refractivity contribution in [3.8, 4) is 11.5 Å². The Labute approximate surface area is 116 Å². The molecule has 0 aliphatic rings. The number of nitrogens with two attached hydrogens (primary N) is 1. The van der Waals surface area contributed by atoms with Gasteiger partial charge in [-0.2, -0.15) is 5.10 Å². The highest BCUT2D eigenvalue weighted by Gasteiger charge is 2.11. The Hall–Kier alpha value is -2.70. The molecule has 0 saturated heterocycles. The summed E-state index contributed by atoms with van der Waals surface area (Å²) in [5, 5.41) is 8.96. The van der Waals surface area contributed by atoms with Gasteiger partial charge in [0.2, 0.25) is 0 Å². The lowest BCUT2D eigenvalue weighted by molar-refractivity contribution is 0.102. The molecule has 4 N–H and O–H groups in total. The zero-order valence-corrected chi connectivity index (χ0v) is 11.3. The number of benzene rings is 1. The fourth-order valence-corrected chi connectivity index (χ4v) is 1.67. The molecule has 1 aromatic carbocycles. The second-order valence-electron chi connectivity index (χ2n) is 3.96. The largest absolute Gasteiger partial charge is 0.493 e. The molecule has 1 aromatic heterocycles. The third kappa shape index (κ3) is 3.00. The van der Waals surface area contributed by atoms with Crippen molar-refractivity contribution in [3.05, 3.63) is 30.0 Å². The normalized spacial score (nSPS) is 10.1. The first-order chi connectivity index (χ1) is 9.63. The lowest BCUT2D eigenvalue weighted by Gasteiger charge is -2.11. The number of rotatable bonds is 5. The molecule has 20 heavy (non-hydrogen) atoms. The smallest absolute Gasteiger partial charge is 0.273 e. The Morgan fingerprint density at radius 1 is 1.40 bits per heavy atom. The number of nitrogen functional groups attached to an aromatic ring is 1. The van der Waals surface area contributed by atoms with E-state index < -0.39 is 0 Å². The van der Waals surface area contributed by atoms with Gasteiger partial charge < -0.3 is 20.5 Å². The van der Waals surface area contributed by atoms with Crippen LogP contribution in [0.15, 0.2) is 24.3 Å². The fourth-order valence-electron chi connectivity index (χ4n) is 1.67. The third-order valence-corrected chi connectivity index (χ3v) is 2.56. The minimum atomic E-state index is -0.333. The number of aromatic nitrogens is 2. The van der Waals surface area contributed by atoms with Gasteiger partial charge in [0, 0.05) is 17.8 Å². The van der Waals surface area contributed by atoms with Crippen LogP contribution in [-0.2, 0) is 0 Å². The SMILES string of the molecule is CCOc1ccc(NC(=O)c2cc(N)n[nH]2)cc1OC. The molecule has 7 nitrogen and oxygen atoms in total. The lowest BCUT2D eigenvalue weighted by Crippen LogP contribution is -2.12. The van der Waals surface area contributed by atoms with Gasteiger partial charge in [-0.05, 0) is 19.1 Å². The standard InChI is InChI=1S/C13H16N4O3/c1-3-20-10-5-4-8(6-11(10)19-2)15-13(18)9-7-12(14)17-16-9/h4-7H,3H2,1-2H3,(H,15,18)(H3,14,16,17). The Bertz CT molecular complexity index is 609. The Morgan fingerprint density at radius 2 is 2.20 bits per heavy atom. The van der Waals surface area contributed by atoms with E-state index in [1.165, 1.54) is 6.07 Å². The van der Waals surface area contributed by atoms with Gasteiger partial charge in [-0.25, -0.2) is 0 Å². The van der Waals surface area contributed by atoms with E-state index >= 15 is 0 Å². The summed E-state index contributed by atoms with van der Waals surface area (Å²) in [6.07, 6.45) is 0. The molecule has 2 aromatic rings. The van der Waals surface area contributed by atoms with Crippen LogP contribution in [-0.4, -0.2) is 29.8 Å². The number of carbonyl (C=O) groups is 1. The lowest BCUT2D eigenvalue weighted by atomic mass is 10.2. The maximum Gasteiger partial charge on any atom is 0.273 e. The number of aromatic amines is 1. The van der Waals surface area contributed by atoms with Crippen LogP contribution in [0.4, 0.5) is 11.5 Å². The van der Waals surface area contributed by atoms with Crippen molar-refractivity contribution in [2.24, 2.45) is 0 Å². The van der Waals surface area contributed by atoms with Crippen LogP contribution in [0.5, 0.6) is 11.5 Å². The highest BCUT2D eigenvalue weighted by Crippen LogP contribution is 2.30. The van der Waals surface area contributed by atoms with Crippen molar-refractivity contribution in [2.45, 2.75) is 6.92 Å². The second kappa shape index (κ2) is 5.96. The van der Waals surface area contributed by atoms with Crippen molar-refractivity contribution in [3.63, 3.8) is 0 Å². The average molecular weight is 276 g/mol. The van der Waals surface area contributed by atoms with E-state index in [0.717, 1.165) is 0 Å². The van der Waals surface area contributed by atoms with E-state index in [1.54, 1.807) is 25.3 Å². The summed E-state index contributed by atoms with van der Waals surface area (Å²) >= 11 is 0. The van der Waals surface area contributed by atoms with E-state index in [0.29, 0.717) is 23.8 Å². The highest BCUT2D eigenvalue weighted by molar-refractivity contribution is 6.03. The van der Waals surface area contributed by atoms with Gasteiger partial charge in [0.05, 0.1) is 13.7 Å². The third-order valence-electron chi connectivity index (χ3n) is 2.56. The highest BCUT2D eigenvalue weighted by atomic mass is 16.5. The van der Waals surface area contributed by atoms with Crippen LogP contribution in [0, 0.1) is 0 Å². The number of amides is 1. The molecule has 7 heteroatoms. The number of anilines is 2. The Morgan fingerprint density at radius 3 is 2.80 bits per heavy atom. The molecule has 0 fully saturated rings. The van der Waals surface area contributed by atoms with Gasteiger partial charge in [0.15, 0.2) is 11.5 Å². The summed E-state index contributed by atoms with van der Waals surface area (Å²) in [5.41, 5.74) is 6.32. The monoisotopic (exact) mass is 276 g/mol. The maximum absolute atomic E-state index is 11.9. The summed E-state index contributed by atoms with van der Waals surface area (Å²) in [4.78, 5) is 11.9. The summed E-state index contributed by atoms with van der Waals surface area (Å²) in [6.45, 7) is 2.42. The average Bonchev–Trinajstić information content (AvgIpc) is 2.87. The van der Waals surface area contributed by atoms with Gasteiger partial charge in [-0.1, -0.05) is 0 Å². The Kier molecular flexibility index (Phi) is 4.09. The van der Waals surface area contributed by atoms with Gasteiger partial charge >= 0.3 is 0 Å². The van der Waals surface area contributed by atoms with Gasteiger partial charge in [0.25, 0.3) is 5.91 Å². The predicted octanol–water partition coefficient (Wildman–Crippen LogP) is 1.65. The van der Waals surface area contributed by atoms with Crippen LogP contribution in [0.1, 0.15) is 17.4 Å². The molecule has 1 heterocycles. The van der Waals surface area contributed by atoms with E-state index in [-0.39, 0.29) is 17.4 Å². The van der Waals surface area contributed by atoms with Crippen molar-refractivity contribution < 1.29 is 14.3 Å². The van der Waals surface area contributed by atoms with E-state index in [2.05, 4.69) is 15.5 Å². The van der Waals surface area contributed by atoms with Gasteiger partial charge in [-0.15, -0.1) is 0 Å². The van der Waals surface area contributed by atoms with Crippen molar-refractivity contribution >= 4 is 17.4 Å². The molecule has 1 amide bonds. The molecular weight excluding hydrogens is 260 g/mol. The topological polar surface area (TPSA) is 102 Å². The summed E-state index contributed by atoms with van der Waals surface area (Å²) in [7, 11) is 1.54. The number of nitrogens with zero attached hydrogens (tertiary/aromatic N) is 1. The number of carbonyl (C=O) groups excluding carboxylic acids is 1. The number of ether oxygens (including phenoxy) is 2. The van der Waals surface area contributed by atoms with E-state index in [1.807, 2.05) is 6.92 Å². The molecule has 0 aliphatic heterocycles. The summed E-state index contributed by atoms with van der Waals surface area (Å²) in [6, 6.07) is 6.61. The van der Waals surface area contributed by atoms with Gasteiger partial charge in [0.1, 0.15) is 11.5 Å².